The van der Waals surface area contributed by atoms with Crippen LogP contribution in [0.25, 0.3) is 0 Å². The first-order chi connectivity index (χ1) is 11.6. The summed E-state index contributed by atoms with van der Waals surface area (Å²) in [6.07, 6.45) is 3.72. The minimum absolute atomic E-state index is 0.550. The fraction of sp³-hybridized carbons (Fsp3) is 0.158. The lowest BCUT2D eigenvalue weighted by atomic mass is 10.1. The molecule has 0 bridgehead atoms. The quantitative estimate of drug-likeness (QED) is 0.695. The summed E-state index contributed by atoms with van der Waals surface area (Å²) in [7, 11) is 0. The Kier molecular flexibility index (Phi) is 4.91. The van der Waals surface area contributed by atoms with Gasteiger partial charge in [0.05, 0.1) is 18.4 Å². The Bertz CT molecular complexity index is 819. The molecule has 0 spiro atoms. The van der Waals surface area contributed by atoms with Crippen LogP contribution in [0, 0.1) is 13.8 Å². The molecule has 4 nitrogen and oxygen atoms in total. The molecule has 0 aliphatic carbocycles. The molecule has 0 amide bonds. The van der Waals surface area contributed by atoms with E-state index in [4.69, 9.17) is 12.2 Å². The van der Waals surface area contributed by atoms with Crippen molar-refractivity contribution in [2.45, 2.75) is 20.4 Å². The Labute approximate surface area is 147 Å². The molecule has 122 valence electrons. The van der Waals surface area contributed by atoms with Crippen molar-refractivity contribution in [3.63, 3.8) is 0 Å². The van der Waals surface area contributed by atoms with Crippen molar-refractivity contribution in [1.29, 1.82) is 0 Å². The van der Waals surface area contributed by atoms with E-state index in [0.29, 0.717) is 5.11 Å². The first-order valence-corrected chi connectivity index (χ1v) is 8.22. The third-order valence-electron chi connectivity index (χ3n) is 3.67. The topological polar surface area (TPSA) is 41.9 Å². The molecule has 0 unspecified atom stereocenters. The number of nitrogens with one attached hydrogen (secondary N) is 2. The zero-order valence-corrected chi connectivity index (χ0v) is 14.6. The van der Waals surface area contributed by atoms with Gasteiger partial charge in [-0.25, -0.2) is 0 Å². The molecule has 1 aromatic heterocycles. The van der Waals surface area contributed by atoms with E-state index >= 15 is 0 Å². The van der Waals surface area contributed by atoms with Gasteiger partial charge in [-0.2, -0.15) is 5.10 Å². The van der Waals surface area contributed by atoms with E-state index in [0.717, 1.165) is 17.9 Å². The minimum Gasteiger partial charge on any atom is -0.332 e. The van der Waals surface area contributed by atoms with Gasteiger partial charge >= 0.3 is 0 Å². The molecule has 0 atom stereocenters. The predicted molar refractivity (Wildman–Crippen MR) is 104 cm³/mol. The molecule has 2 N–H and O–H groups in total. The van der Waals surface area contributed by atoms with Crippen LogP contribution >= 0.6 is 12.2 Å². The van der Waals surface area contributed by atoms with Gasteiger partial charge in [-0.05, 0) is 43.8 Å². The molecular weight excluding hydrogens is 316 g/mol. The van der Waals surface area contributed by atoms with Crippen LogP contribution in [0.1, 0.15) is 16.7 Å². The third kappa shape index (κ3) is 4.43. The largest absolute Gasteiger partial charge is 0.332 e. The summed E-state index contributed by atoms with van der Waals surface area (Å²) in [5.74, 6) is 0. The molecule has 0 aliphatic heterocycles. The molecule has 3 aromatic rings. The number of nitrogens with zero attached hydrogens (tertiary/aromatic N) is 2. The molecule has 3 rings (SSSR count). The molecule has 0 aliphatic rings. The minimum atomic E-state index is 0.550. The zero-order valence-electron chi connectivity index (χ0n) is 13.8. The molecule has 5 heteroatoms. The van der Waals surface area contributed by atoms with Crippen LogP contribution in [0.3, 0.4) is 0 Å². The summed E-state index contributed by atoms with van der Waals surface area (Å²) in [6.45, 7) is 4.88. The predicted octanol–water partition coefficient (Wildman–Crippen LogP) is 4.36. The second-order valence-electron chi connectivity index (χ2n) is 5.86. The summed E-state index contributed by atoms with van der Waals surface area (Å²) in [5.41, 5.74) is 5.53. The van der Waals surface area contributed by atoms with Crippen molar-refractivity contribution in [2.75, 3.05) is 10.6 Å². The normalized spacial score (nSPS) is 10.4. The molecule has 0 radical (unpaired) electrons. The van der Waals surface area contributed by atoms with Gasteiger partial charge < -0.3 is 10.6 Å². The van der Waals surface area contributed by atoms with Crippen LogP contribution in [0.2, 0.25) is 0 Å². The summed E-state index contributed by atoms with van der Waals surface area (Å²) >= 11 is 5.34. The first-order valence-electron chi connectivity index (χ1n) is 7.81. The van der Waals surface area contributed by atoms with Crippen LogP contribution in [0.5, 0.6) is 0 Å². The lowest BCUT2D eigenvalue weighted by molar-refractivity contribution is 0.687. The average molecular weight is 336 g/mol. The highest BCUT2D eigenvalue weighted by atomic mass is 32.1. The highest BCUT2D eigenvalue weighted by Gasteiger charge is 2.03. The van der Waals surface area contributed by atoms with Crippen molar-refractivity contribution < 1.29 is 0 Å². The molecule has 24 heavy (non-hydrogen) atoms. The number of hydrogen-bond donors (Lipinski definition) is 2. The summed E-state index contributed by atoms with van der Waals surface area (Å²) in [6, 6.07) is 16.6. The number of anilines is 2. The van der Waals surface area contributed by atoms with Crippen LogP contribution < -0.4 is 10.6 Å². The van der Waals surface area contributed by atoms with Gasteiger partial charge in [-0.1, -0.05) is 47.5 Å². The van der Waals surface area contributed by atoms with Gasteiger partial charge in [0.2, 0.25) is 0 Å². The van der Waals surface area contributed by atoms with Gasteiger partial charge in [-0.15, -0.1) is 0 Å². The van der Waals surface area contributed by atoms with E-state index in [1.165, 1.54) is 16.7 Å². The molecule has 0 fully saturated rings. The molecule has 0 saturated heterocycles. The molecule has 1 heterocycles. The van der Waals surface area contributed by atoms with E-state index in [1.807, 2.05) is 35.1 Å². The summed E-state index contributed by atoms with van der Waals surface area (Å²) < 4.78 is 1.89. The maximum Gasteiger partial charge on any atom is 0.175 e. The van der Waals surface area contributed by atoms with E-state index in [2.05, 4.69) is 53.8 Å². The Morgan fingerprint density at radius 3 is 2.17 bits per heavy atom. The Hall–Kier alpha value is -2.66. The number of benzene rings is 2. The fourth-order valence-electron chi connectivity index (χ4n) is 2.33. The van der Waals surface area contributed by atoms with E-state index in [9.17, 15) is 0 Å². The first kappa shape index (κ1) is 16.2. The summed E-state index contributed by atoms with van der Waals surface area (Å²) in [5, 5.41) is 11.2. The van der Waals surface area contributed by atoms with E-state index < -0.39 is 0 Å². The van der Waals surface area contributed by atoms with Crippen molar-refractivity contribution in [2.24, 2.45) is 0 Å². The molecule has 0 saturated carbocycles. The standard InChI is InChI=1S/C19H20N4S/c1-14-3-7-16(8-4-14)12-23-13-18(11-20-23)22-19(24)21-17-9-5-15(2)6-10-17/h3-11,13H,12H2,1-2H3,(H2,21,22,24). The van der Waals surface area contributed by atoms with Gasteiger partial charge in [0.1, 0.15) is 0 Å². The fourth-order valence-corrected chi connectivity index (χ4v) is 2.56. The van der Waals surface area contributed by atoms with Gasteiger partial charge in [0, 0.05) is 11.9 Å². The van der Waals surface area contributed by atoms with Crippen molar-refractivity contribution in [3.8, 4) is 0 Å². The zero-order chi connectivity index (χ0) is 16.9. The second kappa shape index (κ2) is 7.27. The second-order valence-corrected chi connectivity index (χ2v) is 6.27. The highest BCUT2D eigenvalue weighted by Crippen LogP contribution is 2.12. The summed E-state index contributed by atoms with van der Waals surface area (Å²) in [4.78, 5) is 0. The van der Waals surface area contributed by atoms with Crippen LogP contribution in [-0.4, -0.2) is 14.9 Å². The molecular formula is C19H20N4S. The third-order valence-corrected chi connectivity index (χ3v) is 3.87. The lowest BCUT2D eigenvalue weighted by Crippen LogP contribution is -2.18. The van der Waals surface area contributed by atoms with Crippen LogP contribution in [-0.2, 0) is 6.54 Å². The van der Waals surface area contributed by atoms with Crippen LogP contribution in [0.15, 0.2) is 60.9 Å². The van der Waals surface area contributed by atoms with Crippen LogP contribution in [0.4, 0.5) is 11.4 Å². The van der Waals surface area contributed by atoms with E-state index in [-0.39, 0.29) is 0 Å². The Morgan fingerprint density at radius 2 is 1.50 bits per heavy atom. The highest BCUT2D eigenvalue weighted by molar-refractivity contribution is 7.80. The van der Waals surface area contributed by atoms with Gasteiger partial charge in [-0.3, -0.25) is 4.68 Å². The maximum atomic E-state index is 5.34. The number of hydrogen-bond acceptors (Lipinski definition) is 2. The lowest BCUT2D eigenvalue weighted by Gasteiger charge is -2.09. The maximum absolute atomic E-state index is 5.34. The Balaban J connectivity index is 1.58. The van der Waals surface area contributed by atoms with Crippen molar-refractivity contribution >= 4 is 28.7 Å². The average Bonchev–Trinajstić information content (AvgIpc) is 2.99. The monoisotopic (exact) mass is 336 g/mol. The number of aryl methyl sites for hydroxylation is 2. The molecule has 2 aromatic carbocycles. The van der Waals surface area contributed by atoms with Crippen molar-refractivity contribution in [3.05, 3.63) is 77.6 Å². The van der Waals surface area contributed by atoms with E-state index in [1.54, 1.807) is 6.20 Å². The van der Waals surface area contributed by atoms with Gasteiger partial charge in [0.25, 0.3) is 0 Å². The smallest absolute Gasteiger partial charge is 0.175 e. The number of rotatable bonds is 4. The SMILES string of the molecule is Cc1ccc(Cn2cc(NC(=S)Nc3ccc(C)cc3)cn2)cc1. The Morgan fingerprint density at radius 1 is 0.917 bits per heavy atom. The number of aromatic nitrogens is 2. The van der Waals surface area contributed by atoms with Crippen molar-refractivity contribution in [1.82, 2.24) is 9.78 Å². The van der Waals surface area contributed by atoms with Gasteiger partial charge in [0.15, 0.2) is 5.11 Å². The number of thiocarbonyl (C=S) groups is 1.